The van der Waals surface area contributed by atoms with E-state index in [0.29, 0.717) is 11.1 Å². The van der Waals surface area contributed by atoms with Crippen LogP contribution in [0.15, 0.2) is 84.9 Å². The average Bonchev–Trinajstić information content (AvgIpc) is 3.21. The monoisotopic (exact) mass is 466 g/mol. The Kier molecular flexibility index (Phi) is 5.70. The summed E-state index contributed by atoms with van der Waals surface area (Å²) < 4.78 is 19.4. The first-order valence-corrected chi connectivity index (χ1v) is 11.5. The standard InChI is InChI=1S/C29H23FN2O3/c1-2-35-28(34)29(18-31)24-17-14-19-8-6-7-11-23(19)32(24)26(27(33)21-9-4-3-5-10-21)25(29)20-12-15-22(30)16-13-20/h3-17,24-26H,2H2,1H3. The third kappa shape index (κ3) is 3.43. The molecule has 1 saturated heterocycles. The van der Waals surface area contributed by atoms with E-state index in [9.17, 15) is 19.2 Å². The fourth-order valence-corrected chi connectivity index (χ4v) is 5.43. The summed E-state index contributed by atoms with van der Waals surface area (Å²) in [5, 5.41) is 10.7. The van der Waals surface area contributed by atoms with Crippen LogP contribution < -0.4 is 4.90 Å². The van der Waals surface area contributed by atoms with Gasteiger partial charge in [-0.15, -0.1) is 0 Å². The van der Waals surface area contributed by atoms with E-state index in [1.54, 1.807) is 49.4 Å². The number of benzene rings is 3. The van der Waals surface area contributed by atoms with E-state index in [1.807, 2.05) is 41.3 Å². The molecule has 0 aliphatic carbocycles. The van der Waals surface area contributed by atoms with Crippen LogP contribution in [-0.4, -0.2) is 30.4 Å². The summed E-state index contributed by atoms with van der Waals surface area (Å²) in [4.78, 5) is 29.6. The van der Waals surface area contributed by atoms with Crippen LogP contribution in [0.5, 0.6) is 0 Å². The van der Waals surface area contributed by atoms with Crippen molar-refractivity contribution in [3.63, 3.8) is 0 Å². The minimum atomic E-state index is -1.73. The number of fused-ring (bicyclic) bond motifs is 3. The number of nitriles is 1. The van der Waals surface area contributed by atoms with Gasteiger partial charge in [-0.1, -0.05) is 72.8 Å². The average molecular weight is 467 g/mol. The number of halogens is 1. The molecular weight excluding hydrogens is 443 g/mol. The van der Waals surface area contributed by atoms with Gasteiger partial charge in [-0.3, -0.25) is 9.59 Å². The Morgan fingerprint density at radius 2 is 1.71 bits per heavy atom. The van der Waals surface area contributed by atoms with Crippen molar-refractivity contribution in [2.24, 2.45) is 5.41 Å². The first kappa shape index (κ1) is 22.5. The Hall–Kier alpha value is -4.24. The lowest BCUT2D eigenvalue weighted by molar-refractivity contribution is -0.152. The number of hydrogen-bond donors (Lipinski definition) is 0. The van der Waals surface area contributed by atoms with Crippen LogP contribution in [0, 0.1) is 22.6 Å². The number of ketones is 1. The van der Waals surface area contributed by atoms with Gasteiger partial charge >= 0.3 is 5.97 Å². The molecule has 0 saturated carbocycles. The van der Waals surface area contributed by atoms with E-state index in [1.165, 1.54) is 12.1 Å². The van der Waals surface area contributed by atoms with Crippen LogP contribution >= 0.6 is 0 Å². The van der Waals surface area contributed by atoms with Gasteiger partial charge in [0.25, 0.3) is 0 Å². The molecule has 0 bridgehead atoms. The summed E-state index contributed by atoms with van der Waals surface area (Å²) in [5.74, 6) is -2.27. The Labute approximate surface area is 203 Å². The summed E-state index contributed by atoms with van der Waals surface area (Å²) in [7, 11) is 0. The van der Waals surface area contributed by atoms with Gasteiger partial charge in [0.2, 0.25) is 0 Å². The number of anilines is 1. The number of para-hydroxylation sites is 1. The molecule has 35 heavy (non-hydrogen) atoms. The van der Waals surface area contributed by atoms with Gasteiger partial charge < -0.3 is 9.64 Å². The molecule has 3 aromatic rings. The zero-order chi connectivity index (χ0) is 24.6. The molecule has 2 aliphatic heterocycles. The van der Waals surface area contributed by atoms with Gasteiger partial charge in [-0.2, -0.15) is 5.26 Å². The van der Waals surface area contributed by atoms with Crippen molar-refractivity contribution in [1.29, 1.82) is 5.26 Å². The molecule has 0 radical (unpaired) electrons. The van der Waals surface area contributed by atoms with E-state index in [-0.39, 0.29) is 12.4 Å². The molecular formula is C29H23FN2O3. The van der Waals surface area contributed by atoms with Gasteiger partial charge in [-0.05, 0) is 36.2 Å². The van der Waals surface area contributed by atoms with Crippen LogP contribution in [0.3, 0.4) is 0 Å². The summed E-state index contributed by atoms with van der Waals surface area (Å²) in [6.07, 6.45) is 3.68. The molecule has 5 rings (SSSR count). The Balaban J connectivity index is 1.81. The predicted molar refractivity (Wildman–Crippen MR) is 130 cm³/mol. The molecule has 6 heteroatoms. The highest BCUT2D eigenvalue weighted by atomic mass is 19.1. The maximum absolute atomic E-state index is 14.1. The second-order valence-electron chi connectivity index (χ2n) is 8.68. The topological polar surface area (TPSA) is 70.4 Å². The third-order valence-electron chi connectivity index (χ3n) is 6.90. The van der Waals surface area contributed by atoms with Crippen LogP contribution in [-0.2, 0) is 9.53 Å². The van der Waals surface area contributed by atoms with Gasteiger partial charge in [0.05, 0.1) is 18.7 Å². The van der Waals surface area contributed by atoms with Crippen LogP contribution in [0.25, 0.3) is 6.08 Å². The summed E-state index contributed by atoms with van der Waals surface area (Å²) in [6, 6.07) is 22.7. The number of carbonyl (C=O) groups is 2. The first-order valence-electron chi connectivity index (χ1n) is 11.5. The van der Waals surface area contributed by atoms with Crippen molar-refractivity contribution < 1.29 is 18.7 Å². The summed E-state index contributed by atoms with van der Waals surface area (Å²) >= 11 is 0. The van der Waals surface area contributed by atoms with E-state index in [4.69, 9.17) is 4.74 Å². The second kappa shape index (κ2) is 8.84. The highest BCUT2D eigenvalue weighted by Gasteiger charge is 2.67. The smallest absolute Gasteiger partial charge is 0.329 e. The van der Waals surface area contributed by atoms with Crippen LogP contribution in [0.2, 0.25) is 0 Å². The van der Waals surface area contributed by atoms with Crippen molar-refractivity contribution in [1.82, 2.24) is 0 Å². The molecule has 0 spiro atoms. The number of nitrogens with zero attached hydrogens (tertiary/aromatic N) is 2. The molecule has 5 nitrogen and oxygen atoms in total. The normalized spacial score (nSPS) is 24.3. The third-order valence-corrected chi connectivity index (χ3v) is 6.90. The largest absolute Gasteiger partial charge is 0.465 e. The zero-order valence-electron chi connectivity index (χ0n) is 19.1. The van der Waals surface area contributed by atoms with Crippen molar-refractivity contribution >= 4 is 23.5 Å². The van der Waals surface area contributed by atoms with Gasteiger partial charge in [0.1, 0.15) is 11.9 Å². The fraction of sp³-hybridized carbons (Fsp3) is 0.207. The predicted octanol–water partition coefficient (Wildman–Crippen LogP) is 5.15. The Bertz CT molecular complexity index is 1350. The van der Waals surface area contributed by atoms with Crippen molar-refractivity contribution in [2.45, 2.75) is 24.9 Å². The highest BCUT2D eigenvalue weighted by Crippen LogP contribution is 2.56. The van der Waals surface area contributed by atoms with Crippen LogP contribution in [0.1, 0.15) is 34.3 Å². The summed E-state index contributed by atoms with van der Waals surface area (Å²) in [6.45, 7) is 1.77. The number of ether oxygens (including phenoxy) is 1. The lowest BCUT2D eigenvalue weighted by Gasteiger charge is -2.36. The van der Waals surface area contributed by atoms with Crippen LogP contribution in [0.4, 0.5) is 10.1 Å². The molecule has 3 aromatic carbocycles. The quantitative estimate of drug-likeness (QED) is 0.384. The molecule has 0 N–H and O–H groups in total. The SMILES string of the molecule is CCOC(=O)C1(C#N)C(c2ccc(F)cc2)C(C(=O)c2ccccc2)N2c3ccccc3C=CC21. The van der Waals surface area contributed by atoms with Crippen molar-refractivity contribution in [3.05, 3.63) is 107 Å². The Morgan fingerprint density at radius 3 is 2.40 bits per heavy atom. The lowest BCUT2D eigenvalue weighted by Crippen LogP contribution is -2.47. The Morgan fingerprint density at radius 1 is 1.03 bits per heavy atom. The van der Waals surface area contributed by atoms with Gasteiger partial charge in [0, 0.05) is 17.2 Å². The number of rotatable bonds is 5. The van der Waals surface area contributed by atoms with Gasteiger partial charge in [-0.25, -0.2) is 4.39 Å². The molecule has 2 heterocycles. The van der Waals surface area contributed by atoms with E-state index < -0.39 is 35.2 Å². The number of hydrogen-bond acceptors (Lipinski definition) is 5. The zero-order valence-corrected chi connectivity index (χ0v) is 19.1. The molecule has 0 aromatic heterocycles. The van der Waals surface area contributed by atoms with Gasteiger partial charge in [0.15, 0.2) is 11.2 Å². The minimum absolute atomic E-state index is 0.0860. The number of esters is 1. The first-order chi connectivity index (χ1) is 17.0. The number of Topliss-reactive ketones (excluding diaryl/α,β-unsaturated/α-hetero) is 1. The maximum Gasteiger partial charge on any atom is 0.329 e. The second-order valence-corrected chi connectivity index (χ2v) is 8.68. The molecule has 174 valence electrons. The molecule has 4 atom stereocenters. The highest BCUT2D eigenvalue weighted by molar-refractivity contribution is 6.06. The van der Waals surface area contributed by atoms with E-state index >= 15 is 0 Å². The molecule has 0 amide bonds. The molecule has 4 unspecified atom stereocenters. The maximum atomic E-state index is 14.1. The number of carbonyl (C=O) groups excluding carboxylic acids is 2. The minimum Gasteiger partial charge on any atom is -0.465 e. The van der Waals surface area contributed by atoms with E-state index in [0.717, 1.165) is 11.3 Å². The fourth-order valence-electron chi connectivity index (χ4n) is 5.43. The van der Waals surface area contributed by atoms with Crippen molar-refractivity contribution in [2.75, 3.05) is 11.5 Å². The summed E-state index contributed by atoms with van der Waals surface area (Å²) in [5.41, 5.74) is 0.893. The lowest BCUT2D eigenvalue weighted by atomic mass is 9.68. The molecule has 2 aliphatic rings. The molecule has 1 fully saturated rings. The van der Waals surface area contributed by atoms with Crippen molar-refractivity contribution in [3.8, 4) is 6.07 Å². The van der Waals surface area contributed by atoms with E-state index in [2.05, 4.69) is 6.07 Å².